The highest BCUT2D eigenvalue weighted by Crippen LogP contribution is 2.19. The Kier molecular flexibility index (Phi) is 3.84. The quantitative estimate of drug-likeness (QED) is 0.829. The molecule has 0 fully saturated rings. The highest BCUT2D eigenvalue weighted by atomic mass is 35.5. The van der Waals surface area contributed by atoms with Crippen LogP contribution in [0, 0.1) is 0 Å². The summed E-state index contributed by atoms with van der Waals surface area (Å²) in [5.41, 5.74) is 6.53. The average molecular weight is 265 g/mol. The van der Waals surface area contributed by atoms with E-state index in [0.29, 0.717) is 17.5 Å². The average Bonchev–Trinajstić information content (AvgIpc) is 2.35. The first-order valence-corrected chi connectivity index (χ1v) is 5.72. The molecule has 18 heavy (non-hydrogen) atoms. The van der Waals surface area contributed by atoms with Crippen molar-refractivity contribution in [2.75, 3.05) is 18.2 Å². The Hall–Kier alpha value is -2.01. The molecule has 0 atom stereocenters. The number of hydrogen-bond acceptors (Lipinski definition) is 5. The van der Waals surface area contributed by atoms with Crippen molar-refractivity contribution in [2.24, 2.45) is 0 Å². The second-order valence-electron chi connectivity index (χ2n) is 3.60. The fraction of sp³-hybridized carbons (Fsp3) is 0.167. The molecule has 5 nitrogen and oxygen atoms in total. The molecule has 0 aliphatic carbocycles. The van der Waals surface area contributed by atoms with Crippen molar-refractivity contribution in [2.45, 2.75) is 6.54 Å². The normalized spacial score (nSPS) is 10.1. The van der Waals surface area contributed by atoms with E-state index in [2.05, 4.69) is 15.3 Å². The zero-order valence-electron chi connectivity index (χ0n) is 9.85. The Bertz CT molecular complexity index is 527. The molecule has 0 aliphatic rings. The van der Waals surface area contributed by atoms with Crippen LogP contribution in [0.25, 0.3) is 0 Å². The summed E-state index contributed by atoms with van der Waals surface area (Å²) in [6.07, 6.45) is 0. The lowest BCUT2D eigenvalue weighted by molar-refractivity contribution is 0.410. The van der Waals surface area contributed by atoms with Crippen molar-refractivity contribution in [3.8, 4) is 5.75 Å². The second-order valence-corrected chi connectivity index (χ2v) is 3.99. The number of nitrogens with one attached hydrogen (secondary N) is 1. The number of hydrogen-bond donors (Lipinski definition) is 2. The Morgan fingerprint density at radius 2 is 2.11 bits per heavy atom. The molecule has 0 radical (unpaired) electrons. The molecule has 1 heterocycles. The Morgan fingerprint density at radius 1 is 1.33 bits per heavy atom. The highest BCUT2D eigenvalue weighted by molar-refractivity contribution is 6.29. The maximum atomic E-state index is 5.79. The maximum Gasteiger partial charge on any atom is 0.223 e. The van der Waals surface area contributed by atoms with Gasteiger partial charge in [-0.25, -0.2) is 4.98 Å². The molecular formula is C12H13ClN4O. The number of methoxy groups -OCH3 is 1. The minimum Gasteiger partial charge on any atom is -0.496 e. The van der Waals surface area contributed by atoms with Crippen LogP contribution >= 0.6 is 11.6 Å². The molecule has 0 saturated heterocycles. The third-order valence-electron chi connectivity index (χ3n) is 2.36. The van der Waals surface area contributed by atoms with E-state index in [9.17, 15) is 0 Å². The van der Waals surface area contributed by atoms with E-state index in [1.54, 1.807) is 13.2 Å². The highest BCUT2D eigenvalue weighted by Gasteiger charge is 2.03. The van der Waals surface area contributed by atoms with Crippen LogP contribution in [-0.2, 0) is 6.54 Å². The molecule has 0 unspecified atom stereocenters. The smallest absolute Gasteiger partial charge is 0.223 e. The van der Waals surface area contributed by atoms with Crippen molar-refractivity contribution in [3.05, 3.63) is 41.0 Å². The van der Waals surface area contributed by atoms with E-state index in [0.717, 1.165) is 11.3 Å². The molecule has 94 valence electrons. The molecule has 0 saturated carbocycles. The monoisotopic (exact) mass is 264 g/mol. The van der Waals surface area contributed by atoms with Gasteiger partial charge in [0.25, 0.3) is 0 Å². The van der Waals surface area contributed by atoms with Crippen LogP contribution in [0.15, 0.2) is 30.3 Å². The minimum atomic E-state index is 0.144. The van der Waals surface area contributed by atoms with Gasteiger partial charge in [-0.3, -0.25) is 0 Å². The lowest BCUT2D eigenvalue weighted by Crippen LogP contribution is -2.05. The van der Waals surface area contributed by atoms with Crippen molar-refractivity contribution in [1.82, 2.24) is 9.97 Å². The number of halogens is 1. The molecular weight excluding hydrogens is 252 g/mol. The van der Waals surface area contributed by atoms with E-state index in [-0.39, 0.29) is 5.95 Å². The Morgan fingerprint density at radius 3 is 2.83 bits per heavy atom. The van der Waals surface area contributed by atoms with Gasteiger partial charge in [0.05, 0.1) is 7.11 Å². The zero-order valence-corrected chi connectivity index (χ0v) is 10.6. The maximum absolute atomic E-state index is 5.79. The fourth-order valence-corrected chi connectivity index (χ4v) is 1.75. The molecule has 2 aromatic rings. The van der Waals surface area contributed by atoms with Gasteiger partial charge in [0.15, 0.2) is 0 Å². The van der Waals surface area contributed by atoms with Gasteiger partial charge in [0.2, 0.25) is 5.95 Å². The van der Waals surface area contributed by atoms with Gasteiger partial charge in [-0.2, -0.15) is 4.98 Å². The van der Waals surface area contributed by atoms with Crippen molar-refractivity contribution in [1.29, 1.82) is 0 Å². The number of nitrogen functional groups attached to an aromatic ring is 1. The van der Waals surface area contributed by atoms with Gasteiger partial charge in [-0.05, 0) is 6.07 Å². The Balaban J connectivity index is 2.11. The van der Waals surface area contributed by atoms with E-state index in [1.165, 1.54) is 0 Å². The molecule has 6 heteroatoms. The standard InChI is InChI=1S/C12H13ClN4O/c1-18-9-5-3-2-4-8(9)7-15-11-6-10(13)16-12(14)17-11/h2-6H,7H2,1H3,(H3,14,15,16,17). The summed E-state index contributed by atoms with van der Waals surface area (Å²) in [5, 5.41) is 3.43. The predicted molar refractivity (Wildman–Crippen MR) is 71.8 cm³/mol. The van der Waals surface area contributed by atoms with Crippen LogP contribution in [0.1, 0.15) is 5.56 Å². The Labute approximate surface area is 110 Å². The van der Waals surface area contributed by atoms with Gasteiger partial charge in [-0.15, -0.1) is 0 Å². The predicted octanol–water partition coefficient (Wildman–Crippen LogP) is 2.33. The number of aromatic nitrogens is 2. The summed E-state index contributed by atoms with van der Waals surface area (Å²) in [5.74, 6) is 1.54. The molecule has 0 spiro atoms. The summed E-state index contributed by atoms with van der Waals surface area (Å²) in [6, 6.07) is 9.35. The van der Waals surface area contributed by atoms with Gasteiger partial charge in [0, 0.05) is 18.2 Å². The van der Waals surface area contributed by atoms with Gasteiger partial charge < -0.3 is 15.8 Å². The third-order valence-corrected chi connectivity index (χ3v) is 2.56. The topological polar surface area (TPSA) is 73.1 Å². The molecule has 0 amide bonds. The number of ether oxygens (including phenoxy) is 1. The van der Waals surface area contributed by atoms with Gasteiger partial charge >= 0.3 is 0 Å². The first kappa shape index (κ1) is 12.4. The zero-order chi connectivity index (χ0) is 13.0. The fourth-order valence-electron chi connectivity index (χ4n) is 1.56. The molecule has 1 aromatic heterocycles. The van der Waals surface area contributed by atoms with E-state index < -0.39 is 0 Å². The number of rotatable bonds is 4. The van der Waals surface area contributed by atoms with Crippen molar-refractivity contribution >= 4 is 23.4 Å². The van der Waals surface area contributed by atoms with Crippen LogP contribution in [0.2, 0.25) is 5.15 Å². The molecule has 2 rings (SSSR count). The molecule has 1 aromatic carbocycles. The number of para-hydroxylation sites is 1. The lowest BCUT2D eigenvalue weighted by Gasteiger charge is -2.10. The van der Waals surface area contributed by atoms with Crippen molar-refractivity contribution in [3.63, 3.8) is 0 Å². The third kappa shape index (κ3) is 3.01. The SMILES string of the molecule is COc1ccccc1CNc1cc(Cl)nc(N)n1. The minimum absolute atomic E-state index is 0.144. The van der Waals surface area contributed by atoms with Gasteiger partial charge in [-0.1, -0.05) is 29.8 Å². The second kappa shape index (κ2) is 5.55. The van der Waals surface area contributed by atoms with E-state index in [4.69, 9.17) is 22.1 Å². The van der Waals surface area contributed by atoms with Crippen LogP contribution in [0.4, 0.5) is 11.8 Å². The van der Waals surface area contributed by atoms with E-state index >= 15 is 0 Å². The van der Waals surface area contributed by atoms with Crippen molar-refractivity contribution < 1.29 is 4.74 Å². The van der Waals surface area contributed by atoms with Gasteiger partial charge in [0.1, 0.15) is 16.7 Å². The van der Waals surface area contributed by atoms with Crippen LogP contribution in [0.5, 0.6) is 5.75 Å². The first-order chi connectivity index (χ1) is 8.69. The molecule has 0 aliphatic heterocycles. The van der Waals surface area contributed by atoms with E-state index in [1.807, 2.05) is 24.3 Å². The summed E-state index contributed by atoms with van der Waals surface area (Å²) in [4.78, 5) is 7.83. The summed E-state index contributed by atoms with van der Waals surface area (Å²) in [6.45, 7) is 0.566. The van der Waals surface area contributed by atoms with Crippen LogP contribution < -0.4 is 15.8 Å². The number of anilines is 2. The summed E-state index contributed by atoms with van der Waals surface area (Å²) < 4.78 is 5.26. The summed E-state index contributed by atoms with van der Waals surface area (Å²) >= 11 is 5.79. The van der Waals surface area contributed by atoms with Crippen LogP contribution in [0.3, 0.4) is 0 Å². The largest absolute Gasteiger partial charge is 0.496 e. The number of benzene rings is 1. The number of nitrogens with two attached hydrogens (primary N) is 1. The summed E-state index contributed by atoms with van der Waals surface area (Å²) in [7, 11) is 1.64. The van der Waals surface area contributed by atoms with Crippen LogP contribution in [-0.4, -0.2) is 17.1 Å². The molecule has 0 bridgehead atoms. The lowest BCUT2D eigenvalue weighted by atomic mass is 10.2. The molecule has 3 N–H and O–H groups in total. The number of nitrogens with zero attached hydrogens (tertiary/aromatic N) is 2. The first-order valence-electron chi connectivity index (χ1n) is 5.35.